The van der Waals surface area contributed by atoms with E-state index in [4.69, 9.17) is 14.2 Å². The second kappa shape index (κ2) is 22.3. The maximum Gasteiger partial charge on any atom is 0.489 e. The molecule has 0 saturated heterocycles. The minimum Gasteiger partial charge on any atom is -0.497 e. The van der Waals surface area contributed by atoms with Crippen molar-refractivity contribution in [3.8, 4) is 95.1 Å². The van der Waals surface area contributed by atoms with E-state index in [9.17, 15) is 10.0 Å². The van der Waals surface area contributed by atoms with Crippen LogP contribution in [0.15, 0.2) is 227 Å². The van der Waals surface area contributed by atoms with Crippen LogP contribution in [-0.4, -0.2) is 38.5 Å². The smallest absolute Gasteiger partial charge is 0.489 e. The van der Waals surface area contributed by atoms with Gasteiger partial charge in [-0.15, -0.1) is 0 Å². The first-order valence-corrected chi connectivity index (χ1v) is 27.3. The molecule has 0 saturated carbocycles. The van der Waals surface area contributed by atoms with Crippen molar-refractivity contribution >= 4 is 44.4 Å². The molecule has 2 N–H and O–H groups in total. The number of halogens is 2. The van der Waals surface area contributed by atoms with Gasteiger partial charge in [0, 0.05) is 19.8 Å². The van der Waals surface area contributed by atoms with Crippen molar-refractivity contribution in [1.82, 2.24) is 0 Å². The Bertz CT molecular complexity index is 3570. The van der Waals surface area contributed by atoms with Crippen LogP contribution in [0.2, 0.25) is 0 Å². The quantitative estimate of drug-likeness (QED) is 0.141. The molecule has 0 aromatic heterocycles. The van der Waals surface area contributed by atoms with Gasteiger partial charge in [-0.2, -0.15) is 0 Å². The van der Waals surface area contributed by atoms with Gasteiger partial charge in [0.2, 0.25) is 0 Å². The molecule has 5 nitrogen and oxygen atoms in total. The summed E-state index contributed by atoms with van der Waals surface area (Å²) in [4.78, 5) is 0. The lowest BCUT2D eigenvalue weighted by molar-refractivity contribution is 0.414. The third-order valence-corrected chi connectivity index (χ3v) is 16.1. The minimum atomic E-state index is -1.49. The maximum atomic E-state index is 9.34. The van der Waals surface area contributed by atoms with E-state index in [2.05, 4.69) is 229 Å². The summed E-state index contributed by atoms with van der Waals surface area (Å²) >= 11 is 7.13. The number of methoxy groups -OCH3 is 3. The Kier molecular flexibility index (Phi) is 15.3. The first-order chi connectivity index (χ1) is 37.2. The molecule has 10 aromatic rings. The normalized spacial score (nSPS) is 12.8. The molecule has 0 fully saturated rings. The molecule has 0 atom stereocenters. The van der Waals surface area contributed by atoms with Gasteiger partial charge < -0.3 is 24.3 Å². The predicted molar refractivity (Wildman–Crippen MR) is 327 cm³/mol. The fourth-order valence-corrected chi connectivity index (χ4v) is 11.7. The van der Waals surface area contributed by atoms with Gasteiger partial charge in [-0.3, -0.25) is 0 Å². The molecule has 2 aliphatic rings. The van der Waals surface area contributed by atoms with Crippen LogP contribution in [0.5, 0.6) is 17.2 Å². The van der Waals surface area contributed by atoms with Gasteiger partial charge in [-0.1, -0.05) is 205 Å². The summed E-state index contributed by atoms with van der Waals surface area (Å²) in [5.74, 6) is 2.41. The highest BCUT2D eigenvalue weighted by Gasteiger charge is 2.37. The van der Waals surface area contributed by atoms with Crippen molar-refractivity contribution in [2.24, 2.45) is 0 Å². The van der Waals surface area contributed by atoms with Crippen LogP contribution in [0.1, 0.15) is 49.9 Å². The second-order valence-corrected chi connectivity index (χ2v) is 22.2. The van der Waals surface area contributed by atoms with Gasteiger partial charge in [-0.25, -0.2) is 0 Å². The Morgan fingerprint density at radius 3 is 0.987 bits per heavy atom. The van der Waals surface area contributed by atoms with Crippen LogP contribution in [0, 0.1) is 0 Å². The zero-order valence-corrected chi connectivity index (χ0v) is 47.4. The van der Waals surface area contributed by atoms with Crippen LogP contribution < -0.4 is 19.7 Å². The average Bonchev–Trinajstić information content (AvgIpc) is 3.92. The van der Waals surface area contributed by atoms with Gasteiger partial charge in [0.1, 0.15) is 17.2 Å². The van der Waals surface area contributed by atoms with Gasteiger partial charge in [0.25, 0.3) is 0 Å². The van der Waals surface area contributed by atoms with Crippen molar-refractivity contribution in [1.29, 1.82) is 0 Å². The Balaban J connectivity index is 0.000000161. The summed E-state index contributed by atoms with van der Waals surface area (Å²) in [6.45, 7) is 9.28. The molecule has 0 radical (unpaired) electrons. The van der Waals surface area contributed by atoms with Crippen LogP contribution in [0.3, 0.4) is 0 Å². The van der Waals surface area contributed by atoms with E-state index in [1.165, 1.54) is 89.0 Å². The third kappa shape index (κ3) is 10.6. The molecule has 12 rings (SSSR count). The van der Waals surface area contributed by atoms with Crippen LogP contribution in [0.25, 0.3) is 77.9 Å². The van der Waals surface area contributed by atoms with Crippen molar-refractivity contribution in [2.45, 2.75) is 38.5 Å². The van der Waals surface area contributed by atoms with E-state index in [-0.39, 0.29) is 10.8 Å². The molecular weight excluding hydrogens is 1080 g/mol. The third-order valence-electron chi connectivity index (χ3n) is 15.1. The number of fused-ring (bicyclic) bond motifs is 6. The van der Waals surface area contributed by atoms with Crippen molar-refractivity contribution in [3.63, 3.8) is 0 Å². The van der Waals surface area contributed by atoms with E-state index in [1.807, 2.05) is 30.3 Å². The number of hydrogen-bond acceptors (Lipinski definition) is 5. The summed E-state index contributed by atoms with van der Waals surface area (Å²) in [6, 6.07) is 75.7. The Labute approximate surface area is 470 Å². The highest BCUT2D eigenvalue weighted by atomic mass is 79.9. The fourth-order valence-electron chi connectivity index (χ4n) is 11.0. The van der Waals surface area contributed by atoms with Gasteiger partial charge in [-0.05, 0) is 178 Å². The molecule has 10 aromatic carbocycles. The molecule has 0 spiro atoms. The zero-order chi connectivity index (χ0) is 54.0. The Hall–Kier alpha value is -7.46. The van der Waals surface area contributed by atoms with E-state index < -0.39 is 7.12 Å². The number of ether oxygens (including phenoxy) is 3. The predicted octanol–water partition coefficient (Wildman–Crippen LogP) is 17.2. The summed E-state index contributed by atoms with van der Waals surface area (Å²) in [5.41, 5.74) is 22.5. The minimum absolute atomic E-state index is 0.0816. The van der Waals surface area contributed by atoms with E-state index in [0.29, 0.717) is 11.2 Å². The molecule has 77 heavy (non-hydrogen) atoms. The van der Waals surface area contributed by atoms with Crippen LogP contribution in [-0.2, 0) is 10.8 Å². The van der Waals surface area contributed by atoms with Crippen LogP contribution in [0.4, 0.5) is 0 Å². The van der Waals surface area contributed by atoms with Crippen molar-refractivity contribution in [2.75, 3.05) is 21.3 Å². The van der Waals surface area contributed by atoms with Gasteiger partial charge in [0.15, 0.2) is 0 Å². The highest BCUT2D eigenvalue weighted by molar-refractivity contribution is 9.10. The molecular formula is C69H59BBr2O5. The Morgan fingerprint density at radius 1 is 0.312 bits per heavy atom. The van der Waals surface area contributed by atoms with E-state index in [0.717, 1.165) is 31.6 Å². The van der Waals surface area contributed by atoms with Gasteiger partial charge in [0.05, 0.1) is 21.3 Å². The number of rotatable bonds is 9. The van der Waals surface area contributed by atoms with Gasteiger partial charge >= 0.3 is 7.12 Å². The number of benzene rings is 10. The largest absolute Gasteiger partial charge is 0.497 e. The number of hydrogen-bond donors (Lipinski definition) is 2. The SMILES string of the molecule is CC1(C)c2cc(Br)ccc2-c2ccc(Br)cc21.COc1ccc(-c2ccc3c(c2)C(C)(C)c2cc(-c4ccc(OC)cc4-c4ccccc4)ccc2-3)c(-c2ccccc2)c1.COc1ccc(B(O)O)c(-c2ccccc2)c1. The monoisotopic (exact) mass is 1140 g/mol. The molecule has 0 aliphatic heterocycles. The molecule has 0 amide bonds. The first-order valence-electron chi connectivity index (χ1n) is 25.7. The first kappa shape index (κ1) is 53.0. The molecule has 382 valence electrons. The molecule has 0 heterocycles. The summed E-state index contributed by atoms with van der Waals surface area (Å²) in [7, 11) is 3.54. The van der Waals surface area contributed by atoms with E-state index >= 15 is 0 Å². The molecule has 0 unspecified atom stereocenters. The maximum absolute atomic E-state index is 9.34. The second-order valence-electron chi connectivity index (χ2n) is 20.4. The lowest BCUT2D eigenvalue weighted by Gasteiger charge is -2.23. The average molecular weight is 1140 g/mol. The highest BCUT2D eigenvalue weighted by Crippen LogP contribution is 2.53. The molecule has 2 aliphatic carbocycles. The summed E-state index contributed by atoms with van der Waals surface area (Å²) < 4.78 is 18.7. The van der Waals surface area contributed by atoms with Crippen LogP contribution >= 0.6 is 31.9 Å². The zero-order valence-electron chi connectivity index (χ0n) is 44.2. The topological polar surface area (TPSA) is 68.2 Å². The summed E-state index contributed by atoms with van der Waals surface area (Å²) in [6.07, 6.45) is 0. The van der Waals surface area contributed by atoms with Crippen molar-refractivity contribution < 1.29 is 24.3 Å². The lowest BCUT2D eigenvalue weighted by atomic mass is 9.75. The molecule has 8 heteroatoms. The standard InChI is InChI=1S/C41H34O2.C15H12Br2.C13H13BO3/c1-41(2)39-23-29(33-21-17-31(42-3)25-37(33)27-11-7-5-8-12-27)15-19-35(39)36-20-16-30(24-40(36)41)34-22-18-32(43-4)26-38(34)28-13-9-6-10-14-28;1-15(2)13-7-9(16)3-5-11(13)12-6-4-10(17)8-14(12)15;1-17-11-7-8-13(14(15)16)12(9-11)10-5-3-2-4-6-10/h5-26H,1-4H3;3-8H,1-2H3;2-9,15-16H,1H3. The lowest BCUT2D eigenvalue weighted by Crippen LogP contribution is -2.31. The van der Waals surface area contributed by atoms with Crippen molar-refractivity contribution in [3.05, 3.63) is 250 Å². The Morgan fingerprint density at radius 2 is 0.623 bits per heavy atom. The fraction of sp³-hybridized carbons (Fsp3) is 0.130. The summed E-state index contributed by atoms with van der Waals surface area (Å²) in [5, 5.41) is 18.7. The molecule has 0 bridgehead atoms. The van der Waals surface area contributed by atoms with E-state index in [1.54, 1.807) is 39.5 Å².